The largest absolute Gasteiger partial charge is 0.454 e. The van der Waals surface area contributed by atoms with E-state index in [1.54, 1.807) is 18.2 Å². The standard InChI is InChI=1S/C19H12N4O3/c20-9-12(7-14-10-21-15-3-1-2-4-16(15)22-14)19(24)23-13-5-6-17-18(8-13)26-11-25-17/h1-8,10H,11H2,(H,23,24)/b12-7-. The van der Waals surface area contributed by atoms with Crippen LogP contribution >= 0.6 is 0 Å². The molecule has 1 aromatic heterocycles. The summed E-state index contributed by atoms with van der Waals surface area (Å²) in [4.78, 5) is 21.1. The first kappa shape index (κ1) is 15.6. The van der Waals surface area contributed by atoms with E-state index in [-0.39, 0.29) is 12.4 Å². The average Bonchev–Trinajstić information content (AvgIpc) is 3.13. The van der Waals surface area contributed by atoms with E-state index in [2.05, 4.69) is 15.3 Å². The highest BCUT2D eigenvalue weighted by Gasteiger charge is 2.15. The summed E-state index contributed by atoms with van der Waals surface area (Å²) < 4.78 is 10.5. The lowest BCUT2D eigenvalue weighted by molar-refractivity contribution is -0.112. The Hall–Kier alpha value is -3.92. The van der Waals surface area contributed by atoms with Crippen LogP contribution in [0.4, 0.5) is 5.69 Å². The van der Waals surface area contributed by atoms with Crippen LogP contribution in [0.25, 0.3) is 17.1 Å². The van der Waals surface area contributed by atoms with E-state index in [9.17, 15) is 10.1 Å². The number of anilines is 1. The Morgan fingerprint density at radius 3 is 2.81 bits per heavy atom. The Bertz CT molecular complexity index is 1090. The molecule has 0 unspecified atom stereocenters. The van der Waals surface area contributed by atoms with Crippen LogP contribution in [0.3, 0.4) is 0 Å². The average molecular weight is 344 g/mol. The summed E-state index contributed by atoms with van der Waals surface area (Å²) >= 11 is 0. The summed E-state index contributed by atoms with van der Waals surface area (Å²) in [6.07, 6.45) is 2.93. The van der Waals surface area contributed by atoms with Gasteiger partial charge in [0.05, 0.1) is 22.9 Å². The smallest absolute Gasteiger partial charge is 0.266 e. The molecule has 26 heavy (non-hydrogen) atoms. The van der Waals surface area contributed by atoms with Crippen molar-refractivity contribution in [1.82, 2.24) is 9.97 Å². The maximum atomic E-state index is 12.4. The van der Waals surface area contributed by atoms with Gasteiger partial charge in [0.2, 0.25) is 6.79 Å². The van der Waals surface area contributed by atoms with Gasteiger partial charge in [-0.1, -0.05) is 12.1 Å². The maximum absolute atomic E-state index is 12.4. The van der Waals surface area contributed by atoms with Crippen LogP contribution in [0, 0.1) is 11.3 Å². The molecule has 7 heteroatoms. The molecule has 7 nitrogen and oxygen atoms in total. The first-order chi connectivity index (χ1) is 12.7. The molecule has 0 spiro atoms. The molecule has 1 aliphatic heterocycles. The van der Waals surface area contributed by atoms with Crippen LogP contribution in [-0.4, -0.2) is 22.7 Å². The lowest BCUT2D eigenvalue weighted by Gasteiger charge is -2.05. The summed E-state index contributed by atoms with van der Waals surface area (Å²) in [5.41, 5.74) is 2.29. The normalized spacial score (nSPS) is 12.7. The van der Waals surface area contributed by atoms with Crippen molar-refractivity contribution in [1.29, 1.82) is 5.26 Å². The predicted molar refractivity (Wildman–Crippen MR) is 94.3 cm³/mol. The molecule has 0 aliphatic carbocycles. The van der Waals surface area contributed by atoms with E-state index >= 15 is 0 Å². The molecule has 2 heterocycles. The predicted octanol–water partition coefficient (Wildman–Crippen LogP) is 2.90. The number of nitriles is 1. The lowest BCUT2D eigenvalue weighted by Crippen LogP contribution is -2.13. The molecule has 0 saturated heterocycles. The fourth-order valence-corrected chi connectivity index (χ4v) is 2.51. The second kappa shape index (κ2) is 6.53. The number of para-hydroxylation sites is 2. The molecule has 0 fully saturated rings. The third kappa shape index (κ3) is 3.03. The number of rotatable bonds is 3. The van der Waals surface area contributed by atoms with Crippen molar-refractivity contribution >= 4 is 28.7 Å². The Morgan fingerprint density at radius 2 is 1.96 bits per heavy atom. The van der Waals surface area contributed by atoms with E-state index < -0.39 is 5.91 Å². The van der Waals surface area contributed by atoms with Crippen LogP contribution in [0.15, 0.2) is 54.2 Å². The number of nitrogens with zero attached hydrogens (tertiary/aromatic N) is 3. The molecule has 0 radical (unpaired) electrons. The summed E-state index contributed by atoms with van der Waals surface area (Å²) in [6.45, 7) is 0.150. The number of benzene rings is 2. The Labute approximate surface area is 148 Å². The fourth-order valence-electron chi connectivity index (χ4n) is 2.51. The van der Waals surface area contributed by atoms with Gasteiger partial charge in [0, 0.05) is 11.8 Å². The van der Waals surface area contributed by atoms with Crippen LogP contribution in [0.2, 0.25) is 0 Å². The highest BCUT2D eigenvalue weighted by atomic mass is 16.7. The van der Waals surface area contributed by atoms with E-state index in [1.807, 2.05) is 30.3 Å². The number of carbonyl (C=O) groups is 1. The third-order valence-corrected chi connectivity index (χ3v) is 3.75. The van der Waals surface area contributed by atoms with E-state index in [0.717, 1.165) is 5.52 Å². The van der Waals surface area contributed by atoms with Crippen LogP contribution < -0.4 is 14.8 Å². The van der Waals surface area contributed by atoms with Crippen LogP contribution in [-0.2, 0) is 4.79 Å². The second-order valence-corrected chi connectivity index (χ2v) is 5.48. The first-order valence-corrected chi connectivity index (χ1v) is 7.77. The highest BCUT2D eigenvalue weighted by Crippen LogP contribution is 2.34. The molecule has 1 N–H and O–H groups in total. The molecule has 3 aromatic rings. The van der Waals surface area contributed by atoms with Crippen molar-refractivity contribution in [2.75, 3.05) is 12.1 Å². The molecular weight excluding hydrogens is 332 g/mol. The molecule has 1 amide bonds. The fraction of sp³-hybridized carbons (Fsp3) is 0.0526. The number of amides is 1. The number of carbonyl (C=O) groups excluding carboxylic acids is 1. The van der Waals surface area contributed by atoms with Gasteiger partial charge in [-0.05, 0) is 30.3 Å². The first-order valence-electron chi connectivity index (χ1n) is 7.77. The van der Waals surface area contributed by atoms with Gasteiger partial charge in [-0.2, -0.15) is 5.26 Å². The number of ether oxygens (including phenoxy) is 2. The van der Waals surface area contributed by atoms with Crippen molar-refractivity contribution in [2.24, 2.45) is 0 Å². The Morgan fingerprint density at radius 1 is 1.15 bits per heavy atom. The van der Waals surface area contributed by atoms with Gasteiger partial charge in [-0.15, -0.1) is 0 Å². The van der Waals surface area contributed by atoms with Gasteiger partial charge in [0.25, 0.3) is 5.91 Å². The molecule has 0 saturated carbocycles. The minimum Gasteiger partial charge on any atom is -0.454 e. The number of hydrogen-bond donors (Lipinski definition) is 1. The van der Waals surface area contributed by atoms with Gasteiger partial charge < -0.3 is 14.8 Å². The summed E-state index contributed by atoms with van der Waals surface area (Å²) in [5.74, 6) is 0.623. The number of fused-ring (bicyclic) bond motifs is 2. The van der Waals surface area contributed by atoms with Crippen molar-refractivity contribution < 1.29 is 14.3 Å². The molecular formula is C19H12N4O3. The monoisotopic (exact) mass is 344 g/mol. The van der Waals surface area contributed by atoms with Crippen molar-refractivity contribution in [3.63, 3.8) is 0 Å². The van der Waals surface area contributed by atoms with Gasteiger partial charge in [-0.25, -0.2) is 4.98 Å². The summed E-state index contributed by atoms with van der Waals surface area (Å²) in [7, 11) is 0. The Kier molecular flexibility index (Phi) is 3.92. The van der Waals surface area contributed by atoms with E-state index in [4.69, 9.17) is 9.47 Å². The van der Waals surface area contributed by atoms with Gasteiger partial charge in [0.1, 0.15) is 11.6 Å². The van der Waals surface area contributed by atoms with Gasteiger partial charge in [0.15, 0.2) is 11.5 Å². The van der Waals surface area contributed by atoms with Crippen molar-refractivity contribution in [3.8, 4) is 17.6 Å². The molecule has 0 bridgehead atoms. The van der Waals surface area contributed by atoms with E-state index in [1.165, 1.54) is 12.3 Å². The molecule has 0 atom stereocenters. The molecule has 2 aromatic carbocycles. The zero-order valence-corrected chi connectivity index (χ0v) is 13.5. The minimum atomic E-state index is -0.540. The van der Waals surface area contributed by atoms with Crippen molar-refractivity contribution in [2.45, 2.75) is 0 Å². The summed E-state index contributed by atoms with van der Waals surface area (Å²) in [5, 5.41) is 12.0. The van der Waals surface area contributed by atoms with Crippen LogP contribution in [0.1, 0.15) is 5.69 Å². The quantitative estimate of drug-likeness (QED) is 0.579. The highest BCUT2D eigenvalue weighted by molar-refractivity contribution is 6.09. The number of nitrogens with one attached hydrogen (secondary N) is 1. The molecule has 4 rings (SSSR count). The second-order valence-electron chi connectivity index (χ2n) is 5.48. The minimum absolute atomic E-state index is 0.0766. The van der Waals surface area contributed by atoms with E-state index in [0.29, 0.717) is 28.4 Å². The Balaban J connectivity index is 1.58. The van der Waals surface area contributed by atoms with Gasteiger partial charge in [-0.3, -0.25) is 9.78 Å². The molecule has 1 aliphatic rings. The van der Waals surface area contributed by atoms with Crippen LogP contribution in [0.5, 0.6) is 11.5 Å². The number of hydrogen-bond acceptors (Lipinski definition) is 6. The lowest BCUT2D eigenvalue weighted by atomic mass is 10.2. The summed E-state index contributed by atoms with van der Waals surface area (Å²) in [6, 6.07) is 14.3. The maximum Gasteiger partial charge on any atom is 0.266 e. The number of aromatic nitrogens is 2. The molecule has 126 valence electrons. The van der Waals surface area contributed by atoms with Crippen molar-refractivity contribution in [3.05, 3.63) is 59.9 Å². The van der Waals surface area contributed by atoms with Gasteiger partial charge >= 0.3 is 0 Å². The zero-order chi connectivity index (χ0) is 17.9. The topological polar surface area (TPSA) is 97.1 Å². The third-order valence-electron chi connectivity index (χ3n) is 3.75. The SMILES string of the molecule is N#C/C(=C/c1cnc2ccccc2n1)C(=O)Nc1ccc2c(c1)OCO2. The zero-order valence-electron chi connectivity index (χ0n) is 13.5.